The molecule has 0 aromatic carbocycles. The number of nitrogens with zero attached hydrogens (tertiary/aromatic N) is 2. The first-order valence-corrected chi connectivity index (χ1v) is 5.72. The molecule has 1 aromatic heterocycles. The number of aryl methyl sites for hydroxylation is 2. The highest BCUT2D eigenvalue weighted by Gasteiger charge is 2.17. The summed E-state index contributed by atoms with van der Waals surface area (Å²) in [5.41, 5.74) is 1.67. The van der Waals surface area contributed by atoms with E-state index in [1.165, 1.54) is 0 Å². The highest BCUT2D eigenvalue weighted by atomic mass is 35.5. The van der Waals surface area contributed by atoms with Crippen LogP contribution in [0.4, 0.5) is 0 Å². The fourth-order valence-electron chi connectivity index (χ4n) is 1.69. The van der Waals surface area contributed by atoms with Gasteiger partial charge in [0.15, 0.2) is 0 Å². The van der Waals surface area contributed by atoms with Crippen LogP contribution in [0.15, 0.2) is 0 Å². The first-order chi connectivity index (χ1) is 7.45. The van der Waals surface area contributed by atoms with Gasteiger partial charge < -0.3 is 9.84 Å². The van der Waals surface area contributed by atoms with Gasteiger partial charge in [0.1, 0.15) is 0 Å². The molecule has 0 amide bonds. The molecule has 4 nitrogen and oxygen atoms in total. The smallest absolute Gasteiger partial charge is 0.0847 e. The number of ether oxygens (including phenoxy) is 1. The number of aliphatic hydroxyl groups is 1. The lowest BCUT2D eigenvalue weighted by Crippen LogP contribution is -2.20. The topological polar surface area (TPSA) is 47.3 Å². The van der Waals surface area contributed by atoms with Gasteiger partial charge in [0.05, 0.1) is 28.6 Å². The zero-order valence-corrected chi connectivity index (χ0v) is 11.0. The lowest BCUT2D eigenvalue weighted by molar-refractivity contribution is 0.0558. The van der Waals surface area contributed by atoms with E-state index in [1.807, 2.05) is 20.9 Å². The van der Waals surface area contributed by atoms with Gasteiger partial charge in [-0.05, 0) is 20.3 Å². The summed E-state index contributed by atoms with van der Waals surface area (Å²) in [7, 11) is 3.47. The van der Waals surface area contributed by atoms with Gasteiger partial charge in [0, 0.05) is 20.6 Å². The van der Waals surface area contributed by atoms with E-state index in [2.05, 4.69) is 5.10 Å². The second kappa shape index (κ2) is 5.66. The van der Waals surface area contributed by atoms with Crippen LogP contribution in [0.1, 0.15) is 24.7 Å². The van der Waals surface area contributed by atoms with Crippen LogP contribution < -0.4 is 0 Å². The molecule has 2 atom stereocenters. The number of rotatable bonds is 5. The van der Waals surface area contributed by atoms with E-state index in [9.17, 15) is 5.11 Å². The molecule has 0 radical (unpaired) electrons. The van der Waals surface area contributed by atoms with Crippen LogP contribution in [-0.4, -0.2) is 34.2 Å². The van der Waals surface area contributed by atoms with Gasteiger partial charge >= 0.3 is 0 Å². The minimum atomic E-state index is -0.456. The molecule has 1 rings (SSSR count). The summed E-state index contributed by atoms with van der Waals surface area (Å²) in [5, 5.41) is 14.7. The van der Waals surface area contributed by atoms with E-state index < -0.39 is 6.10 Å². The van der Waals surface area contributed by atoms with Crippen LogP contribution in [0.2, 0.25) is 5.02 Å². The fraction of sp³-hybridized carbons (Fsp3) is 0.727. The van der Waals surface area contributed by atoms with E-state index in [0.29, 0.717) is 17.9 Å². The monoisotopic (exact) mass is 246 g/mol. The maximum Gasteiger partial charge on any atom is 0.0847 e. The second-order valence-electron chi connectivity index (χ2n) is 4.11. The molecule has 0 spiro atoms. The Morgan fingerprint density at radius 1 is 1.56 bits per heavy atom. The molecule has 0 fully saturated rings. The Labute approximate surface area is 101 Å². The van der Waals surface area contributed by atoms with Gasteiger partial charge in [-0.2, -0.15) is 5.10 Å². The minimum Gasteiger partial charge on any atom is -0.393 e. The molecule has 0 saturated heterocycles. The second-order valence-corrected chi connectivity index (χ2v) is 4.49. The molecule has 1 N–H and O–H groups in total. The maximum absolute atomic E-state index is 9.88. The van der Waals surface area contributed by atoms with Crippen LogP contribution in [0.3, 0.4) is 0 Å². The zero-order valence-electron chi connectivity index (χ0n) is 10.2. The quantitative estimate of drug-likeness (QED) is 0.861. The SMILES string of the molecule is COC(C)CC(O)Cc1c(Cl)c(C)nn1C. The molecule has 0 saturated carbocycles. The number of halogens is 1. The standard InChI is InChI=1S/C11H19ClN2O2/c1-7(16-4)5-9(15)6-10-11(12)8(2)13-14(10)3/h7,9,15H,5-6H2,1-4H3. The average Bonchev–Trinajstić information content (AvgIpc) is 2.45. The van der Waals surface area contributed by atoms with Crippen LogP contribution in [-0.2, 0) is 18.2 Å². The molecule has 5 heteroatoms. The van der Waals surface area contributed by atoms with E-state index in [1.54, 1.807) is 11.8 Å². The highest BCUT2D eigenvalue weighted by molar-refractivity contribution is 6.31. The third-order valence-corrected chi connectivity index (χ3v) is 3.19. The number of aliphatic hydroxyl groups excluding tert-OH is 1. The van der Waals surface area contributed by atoms with Crippen molar-refractivity contribution in [3.05, 3.63) is 16.4 Å². The molecule has 1 heterocycles. The van der Waals surface area contributed by atoms with Gasteiger partial charge in [-0.1, -0.05) is 11.6 Å². The first-order valence-electron chi connectivity index (χ1n) is 5.34. The minimum absolute atomic E-state index is 0.0445. The fourth-order valence-corrected chi connectivity index (χ4v) is 1.93. The number of hydrogen-bond acceptors (Lipinski definition) is 3. The summed E-state index contributed by atoms with van der Waals surface area (Å²) in [6.07, 6.45) is 0.686. The lowest BCUT2D eigenvalue weighted by atomic mass is 10.1. The predicted octanol–water partition coefficient (Wildman–Crippen LogP) is 1.71. The molecule has 16 heavy (non-hydrogen) atoms. The Balaban J connectivity index is 2.65. The number of hydrogen-bond donors (Lipinski definition) is 1. The first kappa shape index (κ1) is 13.5. The molecule has 0 aliphatic carbocycles. The average molecular weight is 247 g/mol. The summed E-state index contributed by atoms with van der Waals surface area (Å²) in [6, 6.07) is 0. The van der Waals surface area contributed by atoms with Crippen molar-refractivity contribution in [3.63, 3.8) is 0 Å². The van der Waals surface area contributed by atoms with Crippen molar-refractivity contribution in [2.75, 3.05) is 7.11 Å². The van der Waals surface area contributed by atoms with E-state index in [-0.39, 0.29) is 6.10 Å². The molecule has 2 unspecified atom stereocenters. The zero-order chi connectivity index (χ0) is 12.3. The molecule has 92 valence electrons. The Kier molecular flexibility index (Phi) is 4.77. The number of aromatic nitrogens is 2. The van der Waals surface area contributed by atoms with Crippen molar-refractivity contribution < 1.29 is 9.84 Å². The molecular weight excluding hydrogens is 228 g/mol. The van der Waals surface area contributed by atoms with Gasteiger partial charge in [-0.15, -0.1) is 0 Å². The van der Waals surface area contributed by atoms with Gasteiger partial charge in [0.2, 0.25) is 0 Å². The molecular formula is C11H19ClN2O2. The lowest BCUT2D eigenvalue weighted by Gasteiger charge is -2.15. The van der Waals surface area contributed by atoms with Crippen molar-refractivity contribution >= 4 is 11.6 Å². The van der Waals surface area contributed by atoms with Crippen LogP contribution in [0, 0.1) is 6.92 Å². The van der Waals surface area contributed by atoms with Crippen molar-refractivity contribution in [2.45, 2.75) is 38.9 Å². The summed E-state index contributed by atoms with van der Waals surface area (Å²) >= 11 is 6.10. The molecule has 0 aliphatic heterocycles. The van der Waals surface area contributed by atoms with E-state index >= 15 is 0 Å². The normalized spacial score (nSPS) is 15.1. The third-order valence-electron chi connectivity index (χ3n) is 2.70. The number of methoxy groups -OCH3 is 1. The van der Waals surface area contributed by atoms with Crippen LogP contribution in [0.5, 0.6) is 0 Å². The largest absolute Gasteiger partial charge is 0.393 e. The summed E-state index contributed by atoms with van der Waals surface area (Å²) < 4.78 is 6.83. The Morgan fingerprint density at radius 2 is 2.19 bits per heavy atom. The van der Waals surface area contributed by atoms with Gasteiger partial charge in [-0.3, -0.25) is 4.68 Å². The van der Waals surface area contributed by atoms with E-state index in [4.69, 9.17) is 16.3 Å². The molecule has 0 aliphatic rings. The Bertz CT molecular complexity index is 352. The maximum atomic E-state index is 9.88. The Hall–Kier alpha value is -0.580. The van der Waals surface area contributed by atoms with Crippen molar-refractivity contribution in [1.29, 1.82) is 0 Å². The van der Waals surface area contributed by atoms with Gasteiger partial charge in [-0.25, -0.2) is 0 Å². The molecule has 1 aromatic rings. The summed E-state index contributed by atoms with van der Waals surface area (Å²) in [4.78, 5) is 0. The summed E-state index contributed by atoms with van der Waals surface area (Å²) in [6.45, 7) is 3.79. The van der Waals surface area contributed by atoms with E-state index in [0.717, 1.165) is 11.4 Å². The van der Waals surface area contributed by atoms with Crippen molar-refractivity contribution in [3.8, 4) is 0 Å². The molecule has 0 bridgehead atoms. The van der Waals surface area contributed by atoms with Crippen LogP contribution >= 0.6 is 11.6 Å². The predicted molar refractivity (Wildman–Crippen MR) is 63.8 cm³/mol. The highest BCUT2D eigenvalue weighted by Crippen LogP contribution is 2.21. The Morgan fingerprint density at radius 3 is 2.62 bits per heavy atom. The summed E-state index contributed by atoms with van der Waals surface area (Å²) in [5.74, 6) is 0. The third kappa shape index (κ3) is 3.20. The van der Waals surface area contributed by atoms with Crippen LogP contribution in [0.25, 0.3) is 0 Å². The van der Waals surface area contributed by atoms with Crippen molar-refractivity contribution in [1.82, 2.24) is 9.78 Å². The van der Waals surface area contributed by atoms with Gasteiger partial charge in [0.25, 0.3) is 0 Å². The van der Waals surface area contributed by atoms with Crippen molar-refractivity contribution in [2.24, 2.45) is 7.05 Å².